The Morgan fingerprint density at radius 2 is 1.70 bits per heavy atom. The molecule has 122 valence electrons. The van der Waals surface area contributed by atoms with Crippen molar-refractivity contribution in [2.75, 3.05) is 12.4 Å². The van der Waals surface area contributed by atoms with Crippen LogP contribution in [-0.4, -0.2) is 19.1 Å². The van der Waals surface area contributed by atoms with E-state index in [4.69, 9.17) is 44.3 Å². The van der Waals surface area contributed by atoms with E-state index in [1.165, 1.54) is 12.1 Å². The second-order valence-electron chi connectivity index (χ2n) is 4.67. The molecule has 1 atom stereocenters. The number of carbonyl (C=O) groups is 1. The summed E-state index contributed by atoms with van der Waals surface area (Å²) in [4.78, 5) is 12.2. The quantitative estimate of drug-likeness (QED) is 0.744. The van der Waals surface area contributed by atoms with Gasteiger partial charge in [-0.15, -0.1) is 0 Å². The van der Waals surface area contributed by atoms with Gasteiger partial charge in [0.25, 0.3) is 5.91 Å². The van der Waals surface area contributed by atoms with E-state index >= 15 is 0 Å². The topological polar surface area (TPSA) is 47.6 Å². The Labute approximate surface area is 149 Å². The van der Waals surface area contributed by atoms with Crippen molar-refractivity contribution in [3.63, 3.8) is 0 Å². The second kappa shape index (κ2) is 7.77. The third-order valence-electron chi connectivity index (χ3n) is 2.99. The maximum atomic E-state index is 12.2. The lowest BCUT2D eigenvalue weighted by Gasteiger charge is -2.16. The molecule has 0 unspecified atom stereocenters. The summed E-state index contributed by atoms with van der Waals surface area (Å²) in [5, 5.41) is 3.56. The highest BCUT2D eigenvalue weighted by molar-refractivity contribution is 6.44. The first-order valence-corrected chi connectivity index (χ1v) is 7.80. The standard InChI is InChI=1S/C16H14Cl3NO3/c1-9(23-11-5-3-4-10(6-11)22-2)16(21)20-15-8-13(18)12(17)7-14(15)19/h3-9H,1-2H3,(H,20,21)/t9-/m0/s1. The zero-order valence-electron chi connectivity index (χ0n) is 12.4. The van der Waals surface area contributed by atoms with Crippen molar-refractivity contribution < 1.29 is 14.3 Å². The predicted octanol–water partition coefficient (Wildman–Crippen LogP) is 5.06. The van der Waals surface area contributed by atoms with Crippen LogP contribution in [0.2, 0.25) is 15.1 Å². The molecule has 0 aliphatic carbocycles. The van der Waals surface area contributed by atoms with E-state index in [-0.39, 0.29) is 5.91 Å². The number of methoxy groups -OCH3 is 1. The molecule has 2 rings (SSSR count). The Morgan fingerprint density at radius 3 is 2.39 bits per heavy atom. The minimum absolute atomic E-state index is 0.293. The third kappa shape index (κ3) is 4.67. The van der Waals surface area contributed by atoms with E-state index in [0.29, 0.717) is 32.3 Å². The number of halogens is 3. The average Bonchev–Trinajstić information content (AvgIpc) is 2.52. The average molecular weight is 375 g/mol. The highest BCUT2D eigenvalue weighted by Gasteiger charge is 2.17. The highest BCUT2D eigenvalue weighted by atomic mass is 35.5. The molecular weight excluding hydrogens is 361 g/mol. The number of rotatable bonds is 5. The van der Waals surface area contributed by atoms with Crippen LogP contribution in [0.15, 0.2) is 36.4 Å². The molecule has 0 spiro atoms. The van der Waals surface area contributed by atoms with Crippen LogP contribution in [0.3, 0.4) is 0 Å². The van der Waals surface area contributed by atoms with Crippen LogP contribution in [0, 0.1) is 0 Å². The molecule has 4 nitrogen and oxygen atoms in total. The van der Waals surface area contributed by atoms with Gasteiger partial charge in [0, 0.05) is 6.07 Å². The zero-order valence-corrected chi connectivity index (χ0v) is 14.7. The van der Waals surface area contributed by atoms with Gasteiger partial charge in [0.2, 0.25) is 0 Å². The van der Waals surface area contributed by atoms with Crippen LogP contribution < -0.4 is 14.8 Å². The zero-order chi connectivity index (χ0) is 17.0. The van der Waals surface area contributed by atoms with Crippen LogP contribution in [0.1, 0.15) is 6.92 Å². The molecule has 0 aromatic heterocycles. The number of hydrogen-bond acceptors (Lipinski definition) is 3. The Morgan fingerprint density at radius 1 is 1.04 bits per heavy atom. The summed E-state index contributed by atoms with van der Waals surface area (Å²) in [6.45, 7) is 1.63. The number of carbonyl (C=O) groups excluding carboxylic acids is 1. The molecule has 23 heavy (non-hydrogen) atoms. The van der Waals surface area contributed by atoms with Crippen molar-refractivity contribution in [2.45, 2.75) is 13.0 Å². The summed E-state index contributed by atoms with van der Waals surface area (Å²) in [6.07, 6.45) is -0.743. The first-order valence-electron chi connectivity index (χ1n) is 6.67. The van der Waals surface area contributed by atoms with Crippen LogP contribution in [0.5, 0.6) is 11.5 Å². The predicted molar refractivity (Wildman–Crippen MR) is 93.2 cm³/mol. The van der Waals surface area contributed by atoms with Gasteiger partial charge < -0.3 is 14.8 Å². The molecule has 2 aromatic carbocycles. The Balaban J connectivity index is 2.06. The van der Waals surface area contributed by atoms with Crippen molar-refractivity contribution >= 4 is 46.4 Å². The van der Waals surface area contributed by atoms with Gasteiger partial charge in [0.15, 0.2) is 6.10 Å². The summed E-state index contributed by atoms with van der Waals surface area (Å²) in [5.74, 6) is 0.794. The van der Waals surface area contributed by atoms with Gasteiger partial charge in [-0.1, -0.05) is 40.9 Å². The number of nitrogens with one attached hydrogen (secondary N) is 1. The van der Waals surface area contributed by atoms with E-state index in [1.807, 2.05) is 0 Å². The maximum absolute atomic E-state index is 12.2. The minimum atomic E-state index is -0.743. The van der Waals surface area contributed by atoms with Crippen molar-refractivity contribution in [3.8, 4) is 11.5 Å². The van der Waals surface area contributed by atoms with E-state index in [9.17, 15) is 4.79 Å². The third-order valence-corrected chi connectivity index (χ3v) is 4.03. The minimum Gasteiger partial charge on any atom is -0.497 e. The van der Waals surface area contributed by atoms with E-state index in [1.54, 1.807) is 38.3 Å². The normalized spacial score (nSPS) is 11.7. The van der Waals surface area contributed by atoms with Crippen molar-refractivity contribution in [1.82, 2.24) is 0 Å². The lowest BCUT2D eigenvalue weighted by atomic mass is 10.3. The molecule has 7 heteroatoms. The first kappa shape index (κ1) is 17.7. The largest absolute Gasteiger partial charge is 0.497 e. The van der Waals surface area contributed by atoms with Crippen LogP contribution in [-0.2, 0) is 4.79 Å². The van der Waals surface area contributed by atoms with Gasteiger partial charge in [-0.3, -0.25) is 4.79 Å². The van der Waals surface area contributed by atoms with E-state index in [0.717, 1.165) is 0 Å². The summed E-state index contributed by atoms with van der Waals surface area (Å²) >= 11 is 17.8. The van der Waals surface area contributed by atoms with Crippen LogP contribution in [0.25, 0.3) is 0 Å². The summed E-state index contributed by atoms with van der Waals surface area (Å²) in [6, 6.07) is 9.94. The molecule has 0 bridgehead atoms. The SMILES string of the molecule is COc1cccc(O[C@@H](C)C(=O)Nc2cc(Cl)c(Cl)cc2Cl)c1. The summed E-state index contributed by atoms with van der Waals surface area (Å²) in [7, 11) is 1.56. The van der Waals surface area contributed by atoms with Crippen molar-refractivity contribution in [3.05, 3.63) is 51.5 Å². The van der Waals surface area contributed by atoms with Gasteiger partial charge in [-0.25, -0.2) is 0 Å². The van der Waals surface area contributed by atoms with Gasteiger partial charge in [0.05, 0.1) is 27.9 Å². The lowest BCUT2D eigenvalue weighted by Crippen LogP contribution is -2.30. The molecule has 0 saturated heterocycles. The number of anilines is 1. The molecule has 0 aliphatic heterocycles. The van der Waals surface area contributed by atoms with Gasteiger partial charge in [-0.2, -0.15) is 0 Å². The molecule has 1 amide bonds. The lowest BCUT2D eigenvalue weighted by molar-refractivity contribution is -0.122. The Hall–Kier alpha value is -1.62. The highest BCUT2D eigenvalue weighted by Crippen LogP contribution is 2.32. The van der Waals surface area contributed by atoms with Gasteiger partial charge in [-0.05, 0) is 31.2 Å². The van der Waals surface area contributed by atoms with Gasteiger partial charge in [0.1, 0.15) is 11.5 Å². The molecule has 0 fully saturated rings. The summed E-state index contributed by atoms with van der Waals surface area (Å²) < 4.78 is 10.7. The summed E-state index contributed by atoms with van der Waals surface area (Å²) in [5.41, 5.74) is 0.368. The van der Waals surface area contributed by atoms with Crippen molar-refractivity contribution in [1.29, 1.82) is 0 Å². The molecule has 0 radical (unpaired) electrons. The molecule has 0 heterocycles. The van der Waals surface area contributed by atoms with Gasteiger partial charge >= 0.3 is 0 Å². The van der Waals surface area contributed by atoms with E-state index in [2.05, 4.69) is 5.32 Å². The second-order valence-corrected chi connectivity index (χ2v) is 5.90. The van der Waals surface area contributed by atoms with Crippen LogP contribution in [0.4, 0.5) is 5.69 Å². The van der Waals surface area contributed by atoms with Crippen LogP contribution >= 0.6 is 34.8 Å². The van der Waals surface area contributed by atoms with E-state index < -0.39 is 6.10 Å². The van der Waals surface area contributed by atoms with Crippen molar-refractivity contribution in [2.24, 2.45) is 0 Å². The maximum Gasteiger partial charge on any atom is 0.265 e. The Bertz CT molecular complexity index is 722. The Kier molecular flexibility index (Phi) is 5.99. The molecule has 0 aliphatic rings. The molecular formula is C16H14Cl3NO3. The number of amides is 1. The molecule has 0 saturated carbocycles. The number of hydrogen-bond donors (Lipinski definition) is 1. The smallest absolute Gasteiger partial charge is 0.265 e. The molecule has 2 aromatic rings. The molecule has 1 N–H and O–H groups in total. The first-order chi connectivity index (χ1) is 10.9. The number of benzene rings is 2. The number of ether oxygens (including phenoxy) is 2. The fourth-order valence-electron chi connectivity index (χ4n) is 1.78. The fraction of sp³-hybridized carbons (Fsp3) is 0.188. The monoisotopic (exact) mass is 373 g/mol. The fourth-order valence-corrected chi connectivity index (χ4v) is 2.38.